The van der Waals surface area contributed by atoms with Gasteiger partial charge in [-0.3, -0.25) is 9.78 Å². The summed E-state index contributed by atoms with van der Waals surface area (Å²) in [5.74, 6) is -1.07. The summed E-state index contributed by atoms with van der Waals surface area (Å²) in [4.78, 5) is 29.2. The fourth-order valence-corrected chi connectivity index (χ4v) is 6.57. The lowest BCUT2D eigenvalue weighted by Crippen LogP contribution is -2.51. The average molecular weight is 778 g/mol. The molecule has 0 radical (unpaired) electrons. The number of aliphatic hydroxyl groups excluding tert-OH is 5. The van der Waals surface area contributed by atoms with Gasteiger partial charge in [-0.05, 0) is 85.9 Å². The molecule has 53 heavy (non-hydrogen) atoms. The first-order valence-electron chi connectivity index (χ1n) is 17.6. The summed E-state index contributed by atoms with van der Waals surface area (Å²) in [6, 6.07) is 13.6. The van der Waals surface area contributed by atoms with Gasteiger partial charge in [0.2, 0.25) is 5.91 Å². The van der Waals surface area contributed by atoms with Crippen LogP contribution in [-0.4, -0.2) is 116 Å². The zero-order valence-electron chi connectivity index (χ0n) is 29.2. The number of ether oxygens (including phenoxy) is 3. The number of carboxylic acids is 1. The maximum atomic E-state index is 12.8. The van der Waals surface area contributed by atoms with Gasteiger partial charge in [-0.25, -0.2) is 4.79 Å². The zero-order chi connectivity index (χ0) is 38.1. The molecule has 288 valence electrons. The predicted molar refractivity (Wildman–Crippen MR) is 195 cm³/mol. The molecular weight excluding hydrogens is 731 g/mol. The summed E-state index contributed by atoms with van der Waals surface area (Å²) in [7, 11) is 0. The van der Waals surface area contributed by atoms with Crippen molar-refractivity contribution in [3.05, 3.63) is 81.6 Å². The topological polar surface area (TPSA) is 199 Å². The lowest BCUT2D eigenvalue weighted by atomic mass is 9.96. The molecule has 0 unspecified atom stereocenters. The average Bonchev–Trinajstić information content (AvgIpc) is 4.10. The minimum absolute atomic E-state index is 0.0879. The van der Waals surface area contributed by atoms with Crippen LogP contribution in [0, 0.1) is 0 Å². The van der Waals surface area contributed by atoms with E-state index in [2.05, 4.69) is 11.1 Å². The monoisotopic (exact) mass is 776 g/mol. The molecule has 3 aromatic rings. The molecule has 13 nitrogen and oxygen atoms in total. The standard InChI is InChI=1S/C38H46Cl2N2O11/c39-29-16-24(20-52-38(11-12-38)28-17-41-13-10-26(28)27-6-1-2-7-33(27)53-25-8-9-25)30(40)15-23(29)5-3-4-14-42(34(46)21-51-22-35(47)48)18-31(44)36(49)37(50)32(45)19-43/h1-2,6-7,10,13,15-17,25,31-32,36-37,43-45,49-50H,3-5,8-9,11-12,14,18-22H2,(H,47,48)/t31-,32+,36+,37+/m0/s1. The van der Waals surface area contributed by atoms with Gasteiger partial charge in [-0.15, -0.1) is 0 Å². The first kappa shape index (κ1) is 40.8. The van der Waals surface area contributed by atoms with Crippen molar-refractivity contribution in [3.63, 3.8) is 0 Å². The van der Waals surface area contributed by atoms with Gasteiger partial charge in [0.15, 0.2) is 0 Å². The second kappa shape index (κ2) is 18.8. The van der Waals surface area contributed by atoms with Crippen LogP contribution in [0.15, 0.2) is 54.9 Å². The Morgan fingerprint density at radius 2 is 1.62 bits per heavy atom. The number of carboxylic acid groups (broad SMARTS) is 1. The van der Waals surface area contributed by atoms with Crippen LogP contribution in [0.4, 0.5) is 0 Å². The Morgan fingerprint density at radius 1 is 0.925 bits per heavy atom. The van der Waals surface area contributed by atoms with Crippen molar-refractivity contribution in [2.24, 2.45) is 0 Å². The van der Waals surface area contributed by atoms with Gasteiger partial charge in [0.05, 0.1) is 24.9 Å². The van der Waals surface area contributed by atoms with E-state index in [9.17, 15) is 30.0 Å². The number of aliphatic hydroxyl groups is 5. The third-order valence-corrected chi connectivity index (χ3v) is 10.1. The van der Waals surface area contributed by atoms with Crippen molar-refractivity contribution in [1.29, 1.82) is 0 Å². The lowest BCUT2D eigenvalue weighted by Gasteiger charge is -2.30. The fraction of sp³-hybridized carbons (Fsp3) is 0.500. The van der Waals surface area contributed by atoms with E-state index in [0.29, 0.717) is 29.3 Å². The van der Waals surface area contributed by atoms with E-state index in [1.54, 1.807) is 18.3 Å². The number of pyridine rings is 1. The predicted octanol–water partition coefficient (Wildman–Crippen LogP) is 3.49. The van der Waals surface area contributed by atoms with Crippen molar-refractivity contribution < 1.29 is 54.4 Å². The van der Waals surface area contributed by atoms with E-state index in [0.717, 1.165) is 59.3 Å². The number of hydrogen-bond donors (Lipinski definition) is 6. The van der Waals surface area contributed by atoms with Crippen LogP contribution in [0.2, 0.25) is 10.0 Å². The molecule has 1 heterocycles. The van der Waals surface area contributed by atoms with Crippen molar-refractivity contribution in [3.8, 4) is 16.9 Å². The number of para-hydroxylation sites is 1. The van der Waals surface area contributed by atoms with Crippen LogP contribution in [-0.2, 0) is 37.7 Å². The Kier molecular flexibility index (Phi) is 14.5. The summed E-state index contributed by atoms with van der Waals surface area (Å²) in [6.45, 7) is -2.28. The van der Waals surface area contributed by atoms with Gasteiger partial charge in [-0.1, -0.05) is 41.4 Å². The molecule has 1 aromatic heterocycles. The Balaban J connectivity index is 1.18. The maximum Gasteiger partial charge on any atom is 0.329 e. The van der Waals surface area contributed by atoms with Crippen LogP contribution >= 0.6 is 23.2 Å². The molecule has 15 heteroatoms. The Morgan fingerprint density at radius 3 is 2.32 bits per heavy atom. The van der Waals surface area contributed by atoms with Gasteiger partial charge in [0, 0.05) is 46.7 Å². The van der Waals surface area contributed by atoms with E-state index >= 15 is 0 Å². The number of halogens is 2. The van der Waals surface area contributed by atoms with E-state index in [1.165, 1.54) is 4.90 Å². The number of aliphatic carboxylic acids is 1. The summed E-state index contributed by atoms with van der Waals surface area (Å²) >= 11 is 13.4. The first-order valence-corrected chi connectivity index (χ1v) is 18.4. The highest BCUT2D eigenvalue weighted by Gasteiger charge is 2.48. The molecule has 4 atom stereocenters. The van der Waals surface area contributed by atoms with E-state index < -0.39 is 68.3 Å². The Labute approximate surface area is 317 Å². The SMILES string of the molecule is O=C(O)COCC(=O)N(CCCCc1cc(Cl)c(COC2(c3cnccc3-c3ccccc3OC3CC3)CC2)cc1Cl)C[C@H](O)[C@@H](O)[C@H](O)[C@H](O)CO. The Bertz CT molecular complexity index is 1700. The molecule has 2 fully saturated rings. The third-order valence-electron chi connectivity index (χ3n) is 9.39. The number of hydrogen-bond acceptors (Lipinski definition) is 11. The van der Waals surface area contributed by atoms with Gasteiger partial charge >= 0.3 is 5.97 Å². The summed E-state index contributed by atoms with van der Waals surface area (Å²) < 4.78 is 17.7. The zero-order valence-corrected chi connectivity index (χ0v) is 30.7. The number of aromatic nitrogens is 1. The maximum absolute atomic E-state index is 12.8. The molecule has 6 N–H and O–H groups in total. The number of unbranched alkanes of at least 4 members (excludes halogenated alkanes) is 1. The molecule has 0 spiro atoms. The summed E-state index contributed by atoms with van der Waals surface area (Å²) in [6.07, 6.45) is 1.97. The van der Waals surface area contributed by atoms with Crippen LogP contribution in [0.1, 0.15) is 55.2 Å². The molecule has 0 aliphatic heterocycles. The van der Waals surface area contributed by atoms with Crippen LogP contribution in [0.3, 0.4) is 0 Å². The molecular formula is C38H46Cl2N2O11. The lowest BCUT2D eigenvalue weighted by molar-refractivity contribution is -0.148. The second-order valence-electron chi connectivity index (χ2n) is 13.5. The Hall–Kier alpha value is -3.37. The first-order chi connectivity index (χ1) is 25.4. The van der Waals surface area contributed by atoms with Gasteiger partial charge in [0.1, 0.15) is 43.4 Å². The highest BCUT2D eigenvalue weighted by molar-refractivity contribution is 6.34. The molecule has 2 aromatic carbocycles. The fourth-order valence-electron chi connectivity index (χ4n) is 6.05. The molecule has 2 aliphatic rings. The third kappa shape index (κ3) is 11.1. The van der Waals surface area contributed by atoms with Crippen LogP contribution in [0.5, 0.6) is 5.75 Å². The molecule has 0 saturated heterocycles. The van der Waals surface area contributed by atoms with Crippen molar-refractivity contribution in [2.45, 2.75) is 87.7 Å². The smallest absolute Gasteiger partial charge is 0.329 e. The number of rotatable bonds is 22. The number of carbonyl (C=O) groups excluding carboxylic acids is 1. The minimum Gasteiger partial charge on any atom is -0.490 e. The number of amides is 1. The molecule has 0 bridgehead atoms. The van der Waals surface area contributed by atoms with Crippen molar-refractivity contribution >= 4 is 35.1 Å². The second-order valence-corrected chi connectivity index (χ2v) is 14.3. The highest BCUT2D eigenvalue weighted by Crippen LogP contribution is 2.53. The van der Waals surface area contributed by atoms with E-state index in [-0.39, 0.29) is 19.3 Å². The molecule has 2 saturated carbocycles. The minimum atomic E-state index is -1.87. The van der Waals surface area contributed by atoms with Crippen LogP contribution in [0.25, 0.3) is 11.1 Å². The van der Waals surface area contributed by atoms with E-state index in [4.69, 9.17) is 47.6 Å². The van der Waals surface area contributed by atoms with Gasteiger partial charge in [0.25, 0.3) is 0 Å². The summed E-state index contributed by atoms with van der Waals surface area (Å²) in [5, 5.41) is 59.2. The van der Waals surface area contributed by atoms with Gasteiger partial charge in [-0.2, -0.15) is 0 Å². The number of nitrogens with zero attached hydrogens (tertiary/aromatic N) is 2. The van der Waals surface area contributed by atoms with Gasteiger partial charge < -0.3 is 49.7 Å². The molecule has 5 rings (SSSR count). The molecule has 1 amide bonds. The summed E-state index contributed by atoms with van der Waals surface area (Å²) in [5.41, 5.74) is 4.00. The largest absolute Gasteiger partial charge is 0.490 e. The number of carbonyl (C=O) groups is 2. The van der Waals surface area contributed by atoms with E-state index in [1.807, 2.05) is 30.5 Å². The molecule has 2 aliphatic carbocycles. The normalized spacial score (nSPS) is 17.1. The van der Waals surface area contributed by atoms with Crippen LogP contribution < -0.4 is 4.74 Å². The number of benzene rings is 2. The van der Waals surface area contributed by atoms with Crippen molar-refractivity contribution in [1.82, 2.24) is 9.88 Å². The number of aryl methyl sites for hydroxylation is 1. The van der Waals surface area contributed by atoms with Crippen molar-refractivity contribution in [2.75, 3.05) is 32.9 Å². The highest BCUT2D eigenvalue weighted by atomic mass is 35.5. The quantitative estimate of drug-likeness (QED) is 0.0814.